The van der Waals surface area contributed by atoms with Crippen molar-refractivity contribution < 1.29 is 10.2 Å². The number of aliphatic hydroxyl groups is 2. The summed E-state index contributed by atoms with van der Waals surface area (Å²) in [5.41, 5.74) is 0. The minimum atomic E-state index is -0.358. The summed E-state index contributed by atoms with van der Waals surface area (Å²) in [6.45, 7) is 0. The molecule has 2 nitrogen and oxygen atoms in total. The zero-order valence-electron chi connectivity index (χ0n) is 6.93. The molecule has 0 radical (unpaired) electrons. The van der Waals surface area contributed by atoms with Gasteiger partial charge in [0.2, 0.25) is 0 Å². The highest BCUT2D eigenvalue weighted by molar-refractivity contribution is 5.11. The van der Waals surface area contributed by atoms with Gasteiger partial charge in [0.15, 0.2) is 0 Å². The van der Waals surface area contributed by atoms with Crippen molar-refractivity contribution in [1.29, 1.82) is 0 Å². The molecule has 12 heavy (non-hydrogen) atoms. The normalized spacial score (nSPS) is 45.8. The van der Waals surface area contributed by atoms with Gasteiger partial charge in [-0.3, -0.25) is 0 Å². The Balaban J connectivity index is 2.20. The molecule has 0 aromatic rings. The molecule has 2 rings (SSSR count). The second-order valence-corrected chi connectivity index (χ2v) is 3.64. The summed E-state index contributed by atoms with van der Waals surface area (Å²) < 4.78 is 0. The first-order chi connectivity index (χ1) is 5.79. The summed E-state index contributed by atoms with van der Waals surface area (Å²) in [6.07, 6.45) is 8.69. The molecule has 2 aliphatic carbocycles. The number of rotatable bonds is 0. The highest BCUT2D eigenvalue weighted by Gasteiger charge is 2.34. The van der Waals surface area contributed by atoms with E-state index in [-0.39, 0.29) is 24.0 Å². The minimum Gasteiger partial charge on any atom is -0.389 e. The average Bonchev–Trinajstić information content (AvgIpc) is 2.07. The summed E-state index contributed by atoms with van der Waals surface area (Å²) in [5.74, 6) is 0.463. The van der Waals surface area contributed by atoms with Crippen molar-refractivity contribution in [2.24, 2.45) is 11.8 Å². The van der Waals surface area contributed by atoms with Crippen LogP contribution in [-0.2, 0) is 0 Å². The maximum absolute atomic E-state index is 9.59. The molecule has 0 aromatic carbocycles. The van der Waals surface area contributed by atoms with Crippen molar-refractivity contribution in [1.82, 2.24) is 0 Å². The standard InChI is InChI=1S/C10H14O2/c11-9-5-1-3-7-8(9)4-2-6-10(7)12/h1-2,5-12H,3-4H2. The molecule has 0 saturated heterocycles. The largest absolute Gasteiger partial charge is 0.389 e. The molecular formula is C10H14O2. The van der Waals surface area contributed by atoms with E-state index in [0.717, 1.165) is 12.8 Å². The first-order valence-electron chi connectivity index (χ1n) is 4.48. The fraction of sp³-hybridized carbons (Fsp3) is 0.600. The van der Waals surface area contributed by atoms with Gasteiger partial charge in [-0.1, -0.05) is 24.3 Å². The van der Waals surface area contributed by atoms with E-state index in [0.29, 0.717) is 0 Å². The third kappa shape index (κ3) is 1.21. The second kappa shape index (κ2) is 3.04. The van der Waals surface area contributed by atoms with E-state index in [1.54, 1.807) is 0 Å². The van der Waals surface area contributed by atoms with E-state index in [1.807, 2.05) is 24.3 Å². The fourth-order valence-electron chi connectivity index (χ4n) is 2.17. The molecule has 0 aromatic heterocycles. The predicted octanol–water partition coefficient (Wildman–Crippen LogP) is 0.860. The van der Waals surface area contributed by atoms with Crippen molar-refractivity contribution in [2.75, 3.05) is 0 Å². The number of hydrogen-bond donors (Lipinski definition) is 2. The Hall–Kier alpha value is -0.600. The zero-order chi connectivity index (χ0) is 8.55. The Morgan fingerprint density at radius 1 is 0.833 bits per heavy atom. The van der Waals surface area contributed by atoms with Gasteiger partial charge in [0.05, 0.1) is 12.2 Å². The van der Waals surface area contributed by atoms with Crippen LogP contribution in [0.2, 0.25) is 0 Å². The Morgan fingerprint density at radius 3 is 1.67 bits per heavy atom. The topological polar surface area (TPSA) is 40.5 Å². The maximum Gasteiger partial charge on any atom is 0.0755 e. The van der Waals surface area contributed by atoms with Crippen LogP contribution < -0.4 is 0 Å². The van der Waals surface area contributed by atoms with E-state index in [1.165, 1.54) is 0 Å². The Bertz CT molecular complexity index is 196. The molecule has 0 spiro atoms. The zero-order valence-corrected chi connectivity index (χ0v) is 6.93. The molecule has 4 atom stereocenters. The lowest BCUT2D eigenvalue weighted by Crippen LogP contribution is -2.37. The molecule has 2 aliphatic rings. The summed E-state index contributed by atoms with van der Waals surface area (Å²) >= 11 is 0. The summed E-state index contributed by atoms with van der Waals surface area (Å²) in [6, 6.07) is 0. The van der Waals surface area contributed by atoms with Crippen LogP contribution in [-0.4, -0.2) is 22.4 Å². The lowest BCUT2D eigenvalue weighted by Gasteiger charge is -2.36. The smallest absolute Gasteiger partial charge is 0.0755 e. The molecule has 0 bridgehead atoms. The Kier molecular flexibility index (Phi) is 2.03. The summed E-state index contributed by atoms with van der Waals surface area (Å²) in [4.78, 5) is 0. The number of allylic oxidation sites excluding steroid dienone is 2. The van der Waals surface area contributed by atoms with Crippen molar-refractivity contribution in [3.8, 4) is 0 Å². The average molecular weight is 166 g/mol. The lowest BCUT2D eigenvalue weighted by molar-refractivity contribution is 0.0355. The summed E-state index contributed by atoms with van der Waals surface area (Å²) in [5, 5.41) is 19.2. The lowest BCUT2D eigenvalue weighted by atomic mass is 9.73. The quantitative estimate of drug-likeness (QED) is 0.524. The Morgan fingerprint density at radius 2 is 1.25 bits per heavy atom. The molecule has 0 amide bonds. The van der Waals surface area contributed by atoms with Crippen LogP contribution in [0.5, 0.6) is 0 Å². The molecule has 0 fully saturated rings. The van der Waals surface area contributed by atoms with Crippen molar-refractivity contribution in [3.63, 3.8) is 0 Å². The van der Waals surface area contributed by atoms with Gasteiger partial charge in [-0.2, -0.15) is 0 Å². The highest BCUT2D eigenvalue weighted by Crippen LogP contribution is 2.34. The van der Waals surface area contributed by atoms with Crippen LogP contribution in [0.4, 0.5) is 0 Å². The molecule has 0 saturated carbocycles. The van der Waals surface area contributed by atoms with Crippen molar-refractivity contribution in [3.05, 3.63) is 24.3 Å². The van der Waals surface area contributed by atoms with Crippen molar-refractivity contribution in [2.45, 2.75) is 25.0 Å². The van der Waals surface area contributed by atoms with Gasteiger partial charge in [0.25, 0.3) is 0 Å². The van der Waals surface area contributed by atoms with E-state index < -0.39 is 0 Å². The van der Waals surface area contributed by atoms with Gasteiger partial charge in [0, 0.05) is 0 Å². The van der Waals surface area contributed by atoms with Gasteiger partial charge in [-0.25, -0.2) is 0 Å². The maximum atomic E-state index is 9.59. The van der Waals surface area contributed by atoms with E-state index >= 15 is 0 Å². The van der Waals surface area contributed by atoms with Crippen LogP contribution in [0.3, 0.4) is 0 Å². The van der Waals surface area contributed by atoms with Gasteiger partial charge in [0.1, 0.15) is 0 Å². The highest BCUT2D eigenvalue weighted by atomic mass is 16.3. The van der Waals surface area contributed by atoms with Crippen LogP contribution >= 0.6 is 0 Å². The summed E-state index contributed by atoms with van der Waals surface area (Å²) in [7, 11) is 0. The monoisotopic (exact) mass is 166 g/mol. The second-order valence-electron chi connectivity index (χ2n) is 3.64. The number of fused-ring (bicyclic) bond motifs is 1. The first kappa shape index (κ1) is 8.02. The SMILES string of the molecule is OC1C=CCC2C(O)C=CCC12. The molecule has 66 valence electrons. The molecule has 2 heteroatoms. The minimum absolute atomic E-state index is 0.231. The van der Waals surface area contributed by atoms with Crippen molar-refractivity contribution >= 4 is 0 Å². The van der Waals surface area contributed by atoms with Gasteiger partial charge in [-0.05, 0) is 24.7 Å². The van der Waals surface area contributed by atoms with E-state index in [4.69, 9.17) is 0 Å². The third-order valence-electron chi connectivity index (χ3n) is 2.91. The first-order valence-corrected chi connectivity index (χ1v) is 4.48. The number of aliphatic hydroxyl groups excluding tert-OH is 2. The van der Waals surface area contributed by atoms with Crippen LogP contribution in [0.1, 0.15) is 12.8 Å². The Labute approximate surface area is 72.2 Å². The fourth-order valence-corrected chi connectivity index (χ4v) is 2.17. The van der Waals surface area contributed by atoms with Crippen LogP contribution in [0.25, 0.3) is 0 Å². The van der Waals surface area contributed by atoms with Crippen LogP contribution in [0, 0.1) is 11.8 Å². The van der Waals surface area contributed by atoms with Gasteiger partial charge < -0.3 is 10.2 Å². The van der Waals surface area contributed by atoms with E-state index in [9.17, 15) is 10.2 Å². The van der Waals surface area contributed by atoms with Gasteiger partial charge in [-0.15, -0.1) is 0 Å². The molecule has 4 unspecified atom stereocenters. The predicted molar refractivity (Wildman–Crippen MR) is 46.5 cm³/mol. The molecular weight excluding hydrogens is 152 g/mol. The van der Waals surface area contributed by atoms with Gasteiger partial charge >= 0.3 is 0 Å². The van der Waals surface area contributed by atoms with E-state index in [2.05, 4.69) is 0 Å². The van der Waals surface area contributed by atoms with Crippen LogP contribution in [0.15, 0.2) is 24.3 Å². The molecule has 0 aliphatic heterocycles. The molecule has 0 heterocycles. The number of hydrogen-bond acceptors (Lipinski definition) is 2. The molecule has 2 N–H and O–H groups in total. The third-order valence-corrected chi connectivity index (χ3v) is 2.91.